The molecule has 0 unspecified atom stereocenters. The van der Waals surface area contributed by atoms with Crippen LogP contribution >= 0.6 is 15.9 Å². The third kappa shape index (κ3) is 3.83. The number of benzene rings is 3. The highest BCUT2D eigenvalue weighted by Crippen LogP contribution is 2.26. The number of ether oxygens (including phenoxy) is 1. The number of nitrogens with zero attached hydrogens (tertiary/aromatic N) is 1. The first kappa shape index (κ1) is 19.1. The number of hydrogen-bond acceptors (Lipinski definition) is 4. The van der Waals surface area contributed by atoms with Gasteiger partial charge in [0.05, 0.1) is 10.5 Å². The van der Waals surface area contributed by atoms with E-state index in [1.165, 1.54) is 16.4 Å². The zero-order chi connectivity index (χ0) is 19.7. The lowest BCUT2D eigenvalue weighted by atomic mass is 10.1. The summed E-state index contributed by atoms with van der Waals surface area (Å²) >= 11 is 3.43. The number of hydrogen-bond donors (Lipinski definition) is 0. The standard InChI is InChI=1S/C21H18BrNO4S/c22-18-8-6-16-13-19(9-7-15(16)12-18)27-21(24)17-4-3-5-20(14-17)28(25,26)23-10-1-2-11-23/h3-9,12-14H,1-2,10-11H2. The first-order valence-electron chi connectivity index (χ1n) is 8.95. The van der Waals surface area contributed by atoms with E-state index in [0.29, 0.717) is 18.8 Å². The monoisotopic (exact) mass is 459 g/mol. The molecule has 0 atom stereocenters. The van der Waals surface area contributed by atoms with Crippen LogP contribution in [0.5, 0.6) is 5.75 Å². The average Bonchev–Trinajstić information content (AvgIpc) is 3.24. The van der Waals surface area contributed by atoms with Crippen LogP contribution in [0.25, 0.3) is 10.8 Å². The summed E-state index contributed by atoms with van der Waals surface area (Å²) in [5.74, 6) is -0.178. The van der Waals surface area contributed by atoms with Gasteiger partial charge in [0.25, 0.3) is 0 Å². The van der Waals surface area contributed by atoms with Crippen LogP contribution in [0.15, 0.2) is 70.0 Å². The van der Waals surface area contributed by atoms with E-state index in [0.717, 1.165) is 28.1 Å². The molecule has 1 fully saturated rings. The Labute approximate surface area is 172 Å². The van der Waals surface area contributed by atoms with Crippen LogP contribution < -0.4 is 4.74 Å². The Bertz CT molecular complexity index is 1150. The van der Waals surface area contributed by atoms with Gasteiger partial charge >= 0.3 is 5.97 Å². The molecule has 0 aliphatic carbocycles. The largest absolute Gasteiger partial charge is 0.423 e. The summed E-state index contributed by atoms with van der Waals surface area (Å²) in [6, 6.07) is 17.2. The predicted octanol–water partition coefficient (Wildman–Crippen LogP) is 4.61. The Kier molecular flexibility index (Phi) is 5.23. The lowest BCUT2D eigenvalue weighted by molar-refractivity contribution is 0.0734. The highest BCUT2D eigenvalue weighted by atomic mass is 79.9. The van der Waals surface area contributed by atoms with Gasteiger partial charge in [0.1, 0.15) is 5.75 Å². The molecule has 0 spiro atoms. The van der Waals surface area contributed by atoms with Crippen molar-refractivity contribution in [1.82, 2.24) is 4.31 Å². The Hall–Kier alpha value is -2.22. The van der Waals surface area contributed by atoms with Crippen LogP contribution in [-0.2, 0) is 10.0 Å². The SMILES string of the molecule is O=C(Oc1ccc2cc(Br)ccc2c1)c1cccc(S(=O)(=O)N2CCCC2)c1. The summed E-state index contributed by atoms with van der Waals surface area (Å²) in [7, 11) is -3.58. The molecule has 28 heavy (non-hydrogen) atoms. The molecule has 0 aromatic heterocycles. The topological polar surface area (TPSA) is 63.7 Å². The van der Waals surface area contributed by atoms with Crippen LogP contribution in [0.4, 0.5) is 0 Å². The number of fused-ring (bicyclic) bond motifs is 1. The Morgan fingerprint density at radius 3 is 2.43 bits per heavy atom. The minimum absolute atomic E-state index is 0.118. The van der Waals surface area contributed by atoms with Crippen LogP contribution in [0.2, 0.25) is 0 Å². The number of carbonyl (C=O) groups excluding carboxylic acids is 1. The molecule has 1 aliphatic heterocycles. The van der Waals surface area contributed by atoms with E-state index >= 15 is 0 Å². The lowest BCUT2D eigenvalue weighted by Crippen LogP contribution is -2.28. The fourth-order valence-corrected chi connectivity index (χ4v) is 5.23. The lowest BCUT2D eigenvalue weighted by Gasteiger charge is -2.15. The summed E-state index contributed by atoms with van der Waals surface area (Å²) in [5, 5.41) is 1.96. The number of sulfonamides is 1. The summed E-state index contributed by atoms with van der Waals surface area (Å²) in [6.07, 6.45) is 1.72. The van der Waals surface area contributed by atoms with Gasteiger partial charge in [-0.25, -0.2) is 13.2 Å². The predicted molar refractivity (Wildman–Crippen MR) is 111 cm³/mol. The van der Waals surface area contributed by atoms with Gasteiger partial charge in [-0.2, -0.15) is 4.31 Å². The van der Waals surface area contributed by atoms with Crippen molar-refractivity contribution in [2.45, 2.75) is 17.7 Å². The molecule has 5 nitrogen and oxygen atoms in total. The molecule has 0 radical (unpaired) electrons. The maximum absolute atomic E-state index is 12.7. The quantitative estimate of drug-likeness (QED) is 0.422. The summed E-state index contributed by atoms with van der Waals surface area (Å²) in [4.78, 5) is 12.7. The van der Waals surface area contributed by atoms with E-state index in [4.69, 9.17) is 4.74 Å². The van der Waals surface area contributed by atoms with Crippen molar-refractivity contribution in [2.24, 2.45) is 0 Å². The third-order valence-corrected chi connectivity index (χ3v) is 7.14. The van der Waals surface area contributed by atoms with Crippen LogP contribution in [0.3, 0.4) is 0 Å². The molecule has 3 aromatic rings. The minimum atomic E-state index is -3.58. The molecule has 1 aliphatic rings. The Balaban J connectivity index is 1.58. The van der Waals surface area contributed by atoms with Gasteiger partial charge in [-0.1, -0.05) is 34.1 Å². The fourth-order valence-electron chi connectivity index (χ4n) is 3.29. The van der Waals surface area contributed by atoms with Crippen LogP contribution in [0.1, 0.15) is 23.2 Å². The fraction of sp³-hybridized carbons (Fsp3) is 0.190. The van der Waals surface area contributed by atoms with E-state index < -0.39 is 16.0 Å². The minimum Gasteiger partial charge on any atom is -0.423 e. The van der Waals surface area contributed by atoms with Gasteiger partial charge in [-0.15, -0.1) is 0 Å². The summed E-state index contributed by atoms with van der Waals surface area (Å²) in [6.45, 7) is 1.04. The van der Waals surface area contributed by atoms with Crippen LogP contribution in [0, 0.1) is 0 Å². The molecule has 1 saturated heterocycles. The molecule has 1 heterocycles. The van der Waals surface area contributed by atoms with Gasteiger partial charge in [0.15, 0.2) is 0 Å². The van der Waals surface area contributed by atoms with Gasteiger partial charge in [-0.05, 0) is 66.1 Å². The maximum atomic E-state index is 12.7. The van der Waals surface area contributed by atoms with E-state index in [-0.39, 0.29) is 10.5 Å². The first-order valence-corrected chi connectivity index (χ1v) is 11.2. The molecule has 0 N–H and O–H groups in total. The number of halogens is 1. The highest BCUT2D eigenvalue weighted by molar-refractivity contribution is 9.10. The van der Waals surface area contributed by atoms with E-state index in [9.17, 15) is 13.2 Å². The van der Waals surface area contributed by atoms with E-state index in [1.54, 1.807) is 24.3 Å². The van der Waals surface area contributed by atoms with Crippen molar-refractivity contribution in [2.75, 3.05) is 13.1 Å². The molecule has 0 amide bonds. The third-order valence-electron chi connectivity index (χ3n) is 4.76. The zero-order valence-electron chi connectivity index (χ0n) is 15.0. The highest BCUT2D eigenvalue weighted by Gasteiger charge is 2.27. The smallest absolute Gasteiger partial charge is 0.343 e. The maximum Gasteiger partial charge on any atom is 0.343 e. The molecule has 0 bridgehead atoms. The Morgan fingerprint density at radius 1 is 0.929 bits per heavy atom. The van der Waals surface area contributed by atoms with Crippen molar-refractivity contribution < 1.29 is 17.9 Å². The van der Waals surface area contributed by atoms with Crippen molar-refractivity contribution >= 4 is 42.7 Å². The molecule has 0 saturated carbocycles. The van der Waals surface area contributed by atoms with Crippen molar-refractivity contribution in [3.63, 3.8) is 0 Å². The van der Waals surface area contributed by atoms with E-state index in [2.05, 4.69) is 15.9 Å². The number of carbonyl (C=O) groups is 1. The molecule has 3 aromatic carbocycles. The molecule has 144 valence electrons. The second-order valence-electron chi connectivity index (χ2n) is 6.68. The second-order valence-corrected chi connectivity index (χ2v) is 9.54. The summed E-state index contributed by atoms with van der Waals surface area (Å²) in [5.41, 5.74) is 0.205. The normalized spacial score (nSPS) is 15.0. The van der Waals surface area contributed by atoms with Crippen molar-refractivity contribution in [3.05, 3.63) is 70.7 Å². The molecule has 7 heteroatoms. The van der Waals surface area contributed by atoms with Gasteiger partial charge < -0.3 is 4.74 Å². The van der Waals surface area contributed by atoms with Gasteiger partial charge in [0, 0.05) is 17.6 Å². The molecule has 4 rings (SSSR count). The average molecular weight is 460 g/mol. The Morgan fingerprint density at radius 2 is 1.64 bits per heavy atom. The van der Waals surface area contributed by atoms with Crippen molar-refractivity contribution in [1.29, 1.82) is 0 Å². The second kappa shape index (κ2) is 7.66. The van der Waals surface area contributed by atoms with Crippen LogP contribution in [-0.4, -0.2) is 31.8 Å². The number of esters is 1. The zero-order valence-corrected chi connectivity index (χ0v) is 17.4. The van der Waals surface area contributed by atoms with Gasteiger partial charge in [-0.3, -0.25) is 0 Å². The van der Waals surface area contributed by atoms with Gasteiger partial charge in [0.2, 0.25) is 10.0 Å². The molecular weight excluding hydrogens is 442 g/mol. The molecular formula is C21H18BrNO4S. The van der Waals surface area contributed by atoms with Crippen molar-refractivity contribution in [3.8, 4) is 5.75 Å². The summed E-state index contributed by atoms with van der Waals surface area (Å²) < 4.78 is 33.3. The first-order chi connectivity index (χ1) is 13.4. The van der Waals surface area contributed by atoms with E-state index in [1.807, 2.05) is 24.3 Å². The number of rotatable bonds is 4.